The lowest BCUT2D eigenvalue weighted by Gasteiger charge is -2.34. The fourth-order valence-corrected chi connectivity index (χ4v) is 2.76. The number of hydrogen-bond donors (Lipinski definition) is 3. The van der Waals surface area contributed by atoms with Gasteiger partial charge in [0.15, 0.2) is 0 Å². The third kappa shape index (κ3) is 4.59. The number of rotatable bonds is 4. The van der Waals surface area contributed by atoms with E-state index in [1.54, 1.807) is 18.2 Å². The Labute approximate surface area is 130 Å². The van der Waals surface area contributed by atoms with E-state index in [2.05, 4.69) is 10.2 Å². The summed E-state index contributed by atoms with van der Waals surface area (Å²) in [6.07, 6.45) is 0.958. The molecular formula is C15H22ClN3O2. The van der Waals surface area contributed by atoms with Crippen molar-refractivity contribution in [2.24, 2.45) is 5.92 Å². The number of likely N-dealkylation sites (tertiary alicyclic amines) is 1. The minimum atomic E-state index is -0.219. The first kappa shape index (κ1) is 16.1. The van der Waals surface area contributed by atoms with Crippen molar-refractivity contribution in [1.29, 1.82) is 0 Å². The number of carbonyl (C=O) groups is 1. The number of aliphatic hydroxyl groups excluding tert-OH is 1. The van der Waals surface area contributed by atoms with Gasteiger partial charge in [0, 0.05) is 31.7 Å². The number of amides is 1. The molecule has 2 atom stereocenters. The van der Waals surface area contributed by atoms with Crippen LogP contribution in [0.2, 0.25) is 5.02 Å². The highest BCUT2D eigenvalue weighted by atomic mass is 35.5. The molecule has 0 aliphatic carbocycles. The van der Waals surface area contributed by atoms with E-state index in [4.69, 9.17) is 17.3 Å². The first-order chi connectivity index (χ1) is 9.95. The molecule has 116 valence electrons. The SMILES string of the molecule is CC1CN(CCC(=O)Nc2ccc(N)cc2Cl)CCC1O. The summed E-state index contributed by atoms with van der Waals surface area (Å²) >= 11 is 6.02. The van der Waals surface area contributed by atoms with Gasteiger partial charge in [0.1, 0.15) is 0 Å². The zero-order chi connectivity index (χ0) is 15.4. The van der Waals surface area contributed by atoms with Crippen LogP contribution in [-0.2, 0) is 4.79 Å². The minimum absolute atomic E-state index is 0.0690. The summed E-state index contributed by atoms with van der Waals surface area (Å²) in [4.78, 5) is 14.2. The van der Waals surface area contributed by atoms with Crippen LogP contribution in [0.1, 0.15) is 19.8 Å². The van der Waals surface area contributed by atoms with Crippen LogP contribution in [0.4, 0.5) is 11.4 Å². The maximum absolute atomic E-state index is 12.0. The molecule has 2 unspecified atom stereocenters. The van der Waals surface area contributed by atoms with Crippen LogP contribution in [0.3, 0.4) is 0 Å². The van der Waals surface area contributed by atoms with Gasteiger partial charge in [-0.1, -0.05) is 18.5 Å². The van der Waals surface area contributed by atoms with Crippen molar-refractivity contribution in [1.82, 2.24) is 4.90 Å². The van der Waals surface area contributed by atoms with Gasteiger partial charge in [-0.2, -0.15) is 0 Å². The second-order valence-corrected chi connectivity index (χ2v) is 6.08. The second-order valence-electron chi connectivity index (χ2n) is 5.67. The van der Waals surface area contributed by atoms with Gasteiger partial charge in [0.25, 0.3) is 0 Å². The number of aliphatic hydroxyl groups is 1. The topological polar surface area (TPSA) is 78.6 Å². The summed E-state index contributed by atoms with van der Waals surface area (Å²) in [5.74, 6) is 0.189. The number of halogens is 1. The number of nitrogen functional groups attached to an aromatic ring is 1. The first-order valence-corrected chi connectivity index (χ1v) is 7.59. The number of nitrogens with two attached hydrogens (primary N) is 1. The lowest BCUT2D eigenvalue weighted by Crippen LogP contribution is -2.42. The van der Waals surface area contributed by atoms with Gasteiger partial charge >= 0.3 is 0 Å². The van der Waals surface area contributed by atoms with E-state index in [-0.39, 0.29) is 17.9 Å². The molecule has 1 aliphatic heterocycles. The first-order valence-electron chi connectivity index (χ1n) is 7.21. The van der Waals surface area contributed by atoms with Crippen molar-refractivity contribution >= 4 is 28.9 Å². The number of piperidine rings is 1. The van der Waals surface area contributed by atoms with Crippen LogP contribution in [0.15, 0.2) is 18.2 Å². The number of hydrogen-bond acceptors (Lipinski definition) is 4. The molecule has 1 aromatic rings. The summed E-state index contributed by atoms with van der Waals surface area (Å²) in [6, 6.07) is 5.02. The fourth-order valence-electron chi connectivity index (χ4n) is 2.53. The molecule has 1 amide bonds. The quantitative estimate of drug-likeness (QED) is 0.743. The normalized spacial score (nSPS) is 23.0. The number of nitrogens with one attached hydrogen (secondary N) is 1. The molecule has 0 aromatic heterocycles. The van der Waals surface area contributed by atoms with Crippen LogP contribution < -0.4 is 11.1 Å². The van der Waals surface area contributed by atoms with Crippen LogP contribution >= 0.6 is 11.6 Å². The smallest absolute Gasteiger partial charge is 0.225 e. The molecule has 0 spiro atoms. The molecule has 1 heterocycles. The zero-order valence-electron chi connectivity index (χ0n) is 12.2. The Kier molecular flexibility index (Phi) is 5.45. The lowest BCUT2D eigenvalue weighted by atomic mass is 9.97. The largest absolute Gasteiger partial charge is 0.399 e. The second kappa shape index (κ2) is 7.11. The Bertz CT molecular complexity index is 510. The van der Waals surface area contributed by atoms with Crippen LogP contribution in [-0.4, -0.2) is 41.7 Å². The Morgan fingerprint density at radius 1 is 1.57 bits per heavy atom. The number of anilines is 2. The summed E-state index contributed by atoms with van der Waals surface area (Å²) in [7, 11) is 0. The van der Waals surface area contributed by atoms with E-state index >= 15 is 0 Å². The number of carbonyl (C=O) groups excluding carboxylic acids is 1. The summed E-state index contributed by atoms with van der Waals surface area (Å²) in [6.45, 7) is 4.39. The third-order valence-electron chi connectivity index (χ3n) is 3.87. The van der Waals surface area contributed by atoms with E-state index in [0.717, 1.165) is 19.5 Å². The van der Waals surface area contributed by atoms with Crippen molar-refractivity contribution < 1.29 is 9.90 Å². The highest BCUT2D eigenvalue weighted by Crippen LogP contribution is 2.24. The van der Waals surface area contributed by atoms with E-state index < -0.39 is 0 Å². The maximum atomic E-state index is 12.0. The average Bonchev–Trinajstić information content (AvgIpc) is 2.43. The molecule has 4 N–H and O–H groups in total. The average molecular weight is 312 g/mol. The van der Waals surface area contributed by atoms with Crippen molar-refractivity contribution in [3.05, 3.63) is 23.2 Å². The Balaban J connectivity index is 1.80. The molecule has 0 bridgehead atoms. The summed E-state index contributed by atoms with van der Waals surface area (Å²) < 4.78 is 0. The molecule has 6 heteroatoms. The molecule has 0 saturated carbocycles. The molecule has 2 rings (SSSR count). The minimum Gasteiger partial charge on any atom is -0.399 e. The third-order valence-corrected chi connectivity index (χ3v) is 4.18. The van der Waals surface area contributed by atoms with Crippen molar-refractivity contribution in [2.45, 2.75) is 25.9 Å². The van der Waals surface area contributed by atoms with E-state index in [1.165, 1.54) is 0 Å². The van der Waals surface area contributed by atoms with Gasteiger partial charge in [-0.3, -0.25) is 4.79 Å². The number of benzene rings is 1. The predicted octanol–water partition coefficient (Wildman–Crippen LogP) is 1.95. The Morgan fingerprint density at radius 2 is 2.33 bits per heavy atom. The van der Waals surface area contributed by atoms with Crippen LogP contribution in [0.25, 0.3) is 0 Å². The maximum Gasteiger partial charge on any atom is 0.225 e. The molecule has 1 saturated heterocycles. The van der Waals surface area contributed by atoms with Crippen LogP contribution in [0.5, 0.6) is 0 Å². The fraction of sp³-hybridized carbons (Fsp3) is 0.533. The number of nitrogens with zero attached hydrogens (tertiary/aromatic N) is 1. The van der Waals surface area contributed by atoms with E-state index in [0.29, 0.717) is 29.4 Å². The van der Waals surface area contributed by atoms with E-state index in [1.807, 2.05) is 6.92 Å². The van der Waals surface area contributed by atoms with Gasteiger partial charge in [0.05, 0.1) is 16.8 Å². The molecule has 5 nitrogen and oxygen atoms in total. The van der Waals surface area contributed by atoms with Crippen LogP contribution in [0, 0.1) is 5.92 Å². The summed E-state index contributed by atoms with van der Waals surface area (Å²) in [5.41, 5.74) is 6.76. The Hall–Kier alpha value is -1.30. The van der Waals surface area contributed by atoms with Gasteiger partial charge in [-0.15, -0.1) is 0 Å². The van der Waals surface area contributed by atoms with Gasteiger partial charge in [-0.25, -0.2) is 0 Å². The Morgan fingerprint density at radius 3 is 3.00 bits per heavy atom. The summed E-state index contributed by atoms with van der Waals surface area (Å²) in [5, 5.41) is 12.9. The van der Waals surface area contributed by atoms with Gasteiger partial charge in [-0.05, 0) is 30.5 Å². The van der Waals surface area contributed by atoms with Crippen molar-refractivity contribution in [3.8, 4) is 0 Å². The van der Waals surface area contributed by atoms with Crippen molar-refractivity contribution in [2.75, 3.05) is 30.7 Å². The predicted molar refractivity (Wildman–Crippen MR) is 85.3 cm³/mol. The van der Waals surface area contributed by atoms with Crippen molar-refractivity contribution in [3.63, 3.8) is 0 Å². The highest BCUT2D eigenvalue weighted by Gasteiger charge is 2.24. The standard InChI is InChI=1S/C15H22ClN3O2/c1-10-9-19(6-4-14(10)20)7-5-15(21)18-13-3-2-11(17)8-12(13)16/h2-3,8,10,14,20H,4-7,9,17H2,1H3,(H,18,21). The lowest BCUT2D eigenvalue weighted by molar-refractivity contribution is -0.116. The molecule has 1 fully saturated rings. The molecular weight excluding hydrogens is 290 g/mol. The zero-order valence-corrected chi connectivity index (χ0v) is 12.9. The molecule has 21 heavy (non-hydrogen) atoms. The molecule has 1 aromatic carbocycles. The highest BCUT2D eigenvalue weighted by molar-refractivity contribution is 6.34. The van der Waals surface area contributed by atoms with E-state index in [9.17, 15) is 9.90 Å². The molecule has 1 aliphatic rings. The van der Waals surface area contributed by atoms with Gasteiger partial charge in [0.2, 0.25) is 5.91 Å². The van der Waals surface area contributed by atoms with Gasteiger partial charge < -0.3 is 21.1 Å². The monoisotopic (exact) mass is 311 g/mol. The molecule has 0 radical (unpaired) electrons.